The molecule has 0 bridgehead atoms. The lowest BCUT2D eigenvalue weighted by Crippen LogP contribution is -2.62. The molecule has 1 aromatic carbocycles. The van der Waals surface area contributed by atoms with E-state index in [-0.39, 0.29) is 5.91 Å². The van der Waals surface area contributed by atoms with E-state index in [2.05, 4.69) is 41.4 Å². The van der Waals surface area contributed by atoms with E-state index in [1.165, 1.54) is 5.56 Å². The van der Waals surface area contributed by atoms with Gasteiger partial charge in [0.25, 0.3) is 0 Å². The molecule has 0 unspecified atom stereocenters. The molecule has 0 atom stereocenters. The van der Waals surface area contributed by atoms with Crippen LogP contribution in [0.5, 0.6) is 0 Å². The van der Waals surface area contributed by atoms with Gasteiger partial charge in [-0.1, -0.05) is 17.7 Å². The van der Waals surface area contributed by atoms with Crippen molar-refractivity contribution >= 4 is 11.6 Å². The Balaban J connectivity index is 2.32. The highest BCUT2D eigenvalue weighted by Crippen LogP contribution is 2.26. The minimum absolute atomic E-state index is 0.0966. The van der Waals surface area contributed by atoms with E-state index in [0.29, 0.717) is 0 Å². The Morgan fingerprint density at radius 3 is 2.50 bits per heavy atom. The molecule has 1 aliphatic rings. The molecule has 86 valence electrons. The summed E-state index contributed by atoms with van der Waals surface area (Å²) < 4.78 is 0. The van der Waals surface area contributed by atoms with Crippen LogP contribution < -0.4 is 10.2 Å². The summed E-state index contributed by atoms with van der Waals surface area (Å²) in [7, 11) is 0. The Bertz CT molecular complexity index is 395. The topological polar surface area (TPSA) is 32.3 Å². The average Bonchev–Trinajstić information content (AvgIpc) is 2.24. The predicted molar refractivity (Wildman–Crippen MR) is 65.6 cm³/mol. The van der Waals surface area contributed by atoms with E-state index < -0.39 is 5.54 Å². The number of amides is 1. The molecule has 3 heteroatoms. The highest BCUT2D eigenvalue weighted by molar-refractivity contribution is 5.90. The number of piperazine rings is 1. The predicted octanol–water partition coefficient (Wildman–Crippen LogP) is 1.71. The SMILES string of the molecule is Cc1ccc(N2CCNC(=O)C2(C)C)cc1. The zero-order valence-electron chi connectivity index (χ0n) is 10.1. The van der Waals surface area contributed by atoms with Crippen LogP contribution in [0.3, 0.4) is 0 Å². The number of nitrogens with zero attached hydrogens (tertiary/aromatic N) is 1. The molecule has 1 amide bonds. The van der Waals surface area contributed by atoms with Crippen molar-refractivity contribution in [3.8, 4) is 0 Å². The summed E-state index contributed by atoms with van der Waals surface area (Å²) in [6, 6.07) is 8.32. The van der Waals surface area contributed by atoms with Crippen LogP contribution in [0, 0.1) is 6.92 Å². The van der Waals surface area contributed by atoms with Crippen LogP contribution in [0.25, 0.3) is 0 Å². The molecular weight excluding hydrogens is 200 g/mol. The molecular formula is C13H18N2O. The summed E-state index contributed by atoms with van der Waals surface area (Å²) in [4.78, 5) is 14.0. The van der Waals surface area contributed by atoms with E-state index >= 15 is 0 Å². The summed E-state index contributed by atoms with van der Waals surface area (Å²) >= 11 is 0. The van der Waals surface area contributed by atoms with Crippen LogP contribution >= 0.6 is 0 Å². The number of hydrogen-bond donors (Lipinski definition) is 1. The van der Waals surface area contributed by atoms with Crippen molar-refractivity contribution in [2.24, 2.45) is 0 Å². The molecule has 0 aromatic heterocycles. The first-order valence-electron chi connectivity index (χ1n) is 5.64. The van der Waals surface area contributed by atoms with Gasteiger partial charge in [0.1, 0.15) is 5.54 Å². The van der Waals surface area contributed by atoms with Crippen molar-refractivity contribution in [3.05, 3.63) is 29.8 Å². The minimum Gasteiger partial charge on any atom is -0.356 e. The molecule has 1 fully saturated rings. The van der Waals surface area contributed by atoms with Crippen molar-refractivity contribution < 1.29 is 4.79 Å². The summed E-state index contributed by atoms with van der Waals surface area (Å²) in [5, 5.41) is 2.90. The fraction of sp³-hybridized carbons (Fsp3) is 0.462. The Hall–Kier alpha value is -1.51. The smallest absolute Gasteiger partial charge is 0.245 e. The van der Waals surface area contributed by atoms with Gasteiger partial charge in [-0.3, -0.25) is 4.79 Å². The highest BCUT2D eigenvalue weighted by Gasteiger charge is 2.37. The lowest BCUT2D eigenvalue weighted by atomic mass is 9.98. The third kappa shape index (κ3) is 1.77. The van der Waals surface area contributed by atoms with Gasteiger partial charge in [0, 0.05) is 18.8 Å². The Kier molecular flexibility index (Phi) is 2.62. The number of benzene rings is 1. The fourth-order valence-corrected chi connectivity index (χ4v) is 2.08. The molecule has 1 aromatic rings. The molecule has 2 rings (SSSR count). The number of rotatable bonds is 1. The second-order valence-corrected chi connectivity index (χ2v) is 4.80. The van der Waals surface area contributed by atoms with Crippen molar-refractivity contribution in [1.29, 1.82) is 0 Å². The Labute approximate surface area is 96.5 Å². The van der Waals surface area contributed by atoms with Crippen molar-refractivity contribution in [1.82, 2.24) is 5.32 Å². The second kappa shape index (κ2) is 3.81. The summed E-state index contributed by atoms with van der Waals surface area (Å²) in [6.07, 6.45) is 0. The van der Waals surface area contributed by atoms with E-state index in [1.807, 2.05) is 13.8 Å². The van der Waals surface area contributed by atoms with Gasteiger partial charge in [-0.15, -0.1) is 0 Å². The molecule has 1 aliphatic heterocycles. The number of carbonyl (C=O) groups excluding carboxylic acids is 1. The first-order valence-corrected chi connectivity index (χ1v) is 5.64. The second-order valence-electron chi connectivity index (χ2n) is 4.80. The molecule has 1 N–H and O–H groups in total. The molecule has 1 saturated heterocycles. The molecule has 0 saturated carbocycles. The summed E-state index contributed by atoms with van der Waals surface area (Å²) in [5.41, 5.74) is 1.89. The Morgan fingerprint density at radius 2 is 1.88 bits per heavy atom. The maximum atomic E-state index is 11.8. The molecule has 1 heterocycles. The van der Waals surface area contributed by atoms with E-state index in [4.69, 9.17) is 0 Å². The number of hydrogen-bond acceptors (Lipinski definition) is 2. The van der Waals surface area contributed by atoms with Gasteiger partial charge in [-0.25, -0.2) is 0 Å². The lowest BCUT2D eigenvalue weighted by molar-refractivity contribution is -0.126. The average molecular weight is 218 g/mol. The first kappa shape index (κ1) is 11.0. The molecule has 0 aliphatic carbocycles. The van der Waals surface area contributed by atoms with Crippen LogP contribution in [-0.4, -0.2) is 24.5 Å². The van der Waals surface area contributed by atoms with E-state index in [1.54, 1.807) is 0 Å². The zero-order chi connectivity index (χ0) is 11.8. The largest absolute Gasteiger partial charge is 0.356 e. The quantitative estimate of drug-likeness (QED) is 0.778. The normalized spacial score (nSPS) is 19.4. The van der Waals surface area contributed by atoms with Crippen LogP contribution in [0.1, 0.15) is 19.4 Å². The number of carbonyl (C=O) groups is 1. The third-order valence-corrected chi connectivity index (χ3v) is 3.20. The maximum absolute atomic E-state index is 11.8. The maximum Gasteiger partial charge on any atom is 0.245 e. The molecule has 0 radical (unpaired) electrons. The highest BCUT2D eigenvalue weighted by atomic mass is 16.2. The first-order chi connectivity index (χ1) is 7.51. The van der Waals surface area contributed by atoms with E-state index in [9.17, 15) is 4.79 Å². The Morgan fingerprint density at radius 1 is 1.25 bits per heavy atom. The van der Waals surface area contributed by atoms with Crippen LogP contribution in [0.15, 0.2) is 24.3 Å². The summed E-state index contributed by atoms with van der Waals surface area (Å²) in [5.74, 6) is 0.0966. The molecule has 0 spiro atoms. The van der Waals surface area contributed by atoms with Gasteiger partial charge >= 0.3 is 0 Å². The van der Waals surface area contributed by atoms with Gasteiger partial charge < -0.3 is 10.2 Å². The third-order valence-electron chi connectivity index (χ3n) is 3.20. The van der Waals surface area contributed by atoms with Crippen molar-refractivity contribution in [2.75, 3.05) is 18.0 Å². The standard InChI is InChI=1S/C13H18N2O/c1-10-4-6-11(7-5-10)15-9-8-14-12(16)13(15,2)3/h4-7H,8-9H2,1-3H3,(H,14,16). The van der Waals surface area contributed by atoms with Gasteiger partial charge in [-0.2, -0.15) is 0 Å². The van der Waals surface area contributed by atoms with Gasteiger partial charge in [0.2, 0.25) is 5.91 Å². The van der Waals surface area contributed by atoms with Crippen molar-refractivity contribution in [2.45, 2.75) is 26.3 Å². The zero-order valence-corrected chi connectivity index (χ0v) is 10.1. The molecule has 16 heavy (non-hydrogen) atoms. The summed E-state index contributed by atoms with van der Waals surface area (Å²) in [6.45, 7) is 7.57. The minimum atomic E-state index is -0.465. The van der Waals surface area contributed by atoms with Crippen LogP contribution in [0.2, 0.25) is 0 Å². The molecule has 3 nitrogen and oxygen atoms in total. The van der Waals surface area contributed by atoms with Gasteiger partial charge in [-0.05, 0) is 32.9 Å². The van der Waals surface area contributed by atoms with Crippen molar-refractivity contribution in [3.63, 3.8) is 0 Å². The van der Waals surface area contributed by atoms with Crippen LogP contribution in [0.4, 0.5) is 5.69 Å². The van der Waals surface area contributed by atoms with Crippen LogP contribution in [-0.2, 0) is 4.79 Å². The number of nitrogens with one attached hydrogen (secondary N) is 1. The van der Waals surface area contributed by atoms with Gasteiger partial charge in [0.15, 0.2) is 0 Å². The monoisotopic (exact) mass is 218 g/mol. The number of aryl methyl sites for hydroxylation is 1. The van der Waals surface area contributed by atoms with E-state index in [0.717, 1.165) is 18.8 Å². The van der Waals surface area contributed by atoms with Gasteiger partial charge in [0.05, 0.1) is 0 Å². The lowest BCUT2D eigenvalue weighted by Gasteiger charge is -2.42. The fourth-order valence-electron chi connectivity index (χ4n) is 2.08. The number of anilines is 1.